The largest absolute Gasteiger partial charge is 0.497 e. The number of hydrogen-bond acceptors (Lipinski definition) is 7. The van der Waals surface area contributed by atoms with Crippen LogP contribution in [0.15, 0.2) is 23.6 Å². The van der Waals surface area contributed by atoms with Crippen molar-refractivity contribution < 1.29 is 23.8 Å². The Kier molecular flexibility index (Phi) is 5.17. The second-order valence-corrected chi connectivity index (χ2v) is 5.29. The van der Waals surface area contributed by atoms with Gasteiger partial charge in [0.05, 0.1) is 25.3 Å². The normalized spacial score (nSPS) is 10.1. The summed E-state index contributed by atoms with van der Waals surface area (Å²) in [5.41, 5.74) is 0.518. The Bertz CT molecular complexity index is 728. The summed E-state index contributed by atoms with van der Waals surface area (Å²) in [5, 5.41) is 1.93. The third-order valence-electron chi connectivity index (χ3n) is 2.85. The molecule has 0 aliphatic carbocycles. The Hall–Kier alpha value is -2.61. The summed E-state index contributed by atoms with van der Waals surface area (Å²) in [6, 6.07) is 5.09. The molecule has 0 N–H and O–H groups in total. The number of anilines is 2. The number of amides is 1. The molecule has 0 bridgehead atoms. The van der Waals surface area contributed by atoms with Gasteiger partial charge in [0.25, 0.3) is 0 Å². The zero-order chi connectivity index (χ0) is 17.0. The molecule has 23 heavy (non-hydrogen) atoms. The fourth-order valence-electron chi connectivity index (χ4n) is 1.92. The van der Waals surface area contributed by atoms with E-state index in [1.165, 1.54) is 37.2 Å². The number of benzene rings is 1. The molecule has 8 heteroatoms. The number of esters is 1. The minimum absolute atomic E-state index is 0.149. The van der Waals surface area contributed by atoms with Gasteiger partial charge in [-0.25, -0.2) is 0 Å². The summed E-state index contributed by atoms with van der Waals surface area (Å²) < 4.78 is 15.4. The molecule has 0 saturated carbocycles. The van der Waals surface area contributed by atoms with Crippen LogP contribution in [0, 0.1) is 0 Å². The van der Waals surface area contributed by atoms with E-state index in [1.54, 1.807) is 30.7 Å². The van der Waals surface area contributed by atoms with E-state index in [1.807, 2.05) is 0 Å². The maximum Gasteiger partial charge on any atom is 0.309 e. The van der Waals surface area contributed by atoms with Crippen molar-refractivity contribution in [3.63, 3.8) is 0 Å². The summed E-state index contributed by atoms with van der Waals surface area (Å²) in [7, 11) is 3.05. The summed E-state index contributed by atoms with van der Waals surface area (Å²) in [6.45, 7) is 2.70. The Balaban J connectivity index is 2.44. The molecule has 122 valence electrons. The van der Waals surface area contributed by atoms with Crippen molar-refractivity contribution in [2.75, 3.05) is 19.1 Å². The van der Waals surface area contributed by atoms with Gasteiger partial charge in [-0.3, -0.25) is 14.5 Å². The van der Waals surface area contributed by atoms with Crippen molar-refractivity contribution in [3.05, 3.63) is 23.6 Å². The Morgan fingerprint density at radius 2 is 1.91 bits per heavy atom. The summed E-state index contributed by atoms with van der Waals surface area (Å²) in [5.74, 6) is 0.490. The lowest BCUT2D eigenvalue weighted by atomic mass is 10.2. The minimum atomic E-state index is -0.474. The van der Waals surface area contributed by atoms with Gasteiger partial charge in [0.1, 0.15) is 11.5 Å². The van der Waals surface area contributed by atoms with Crippen molar-refractivity contribution in [2.45, 2.75) is 13.8 Å². The Labute approximate surface area is 137 Å². The van der Waals surface area contributed by atoms with Crippen LogP contribution in [0.2, 0.25) is 0 Å². The van der Waals surface area contributed by atoms with Crippen LogP contribution in [-0.4, -0.2) is 31.1 Å². The summed E-state index contributed by atoms with van der Waals surface area (Å²) >= 11 is 1.18. The molecular formula is C15H16N2O5S. The number of ether oxygens (including phenoxy) is 3. The molecule has 0 saturated heterocycles. The van der Waals surface area contributed by atoms with Crippen LogP contribution < -0.4 is 19.1 Å². The number of thiazole rings is 1. The first-order valence-electron chi connectivity index (χ1n) is 6.63. The monoisotopic (exact) mass is 336 g/mol. The molecule has 0 unspecified atom stereocenters. The number of hydrogen-bond donors (Lipinski definition) is 0. The van der Waals surface area contributed by atoms with Crippen molar-refractivity contribution in [3.8, 4) is 17.4 Å². The van der Waals surface area contributed by atoms with Gasteiger partial charge >= 0.3 is 5.97 Å². The molecule has 0 aliphatic heterocycles. The fraction of sp³-hybridized carbons (Fsp3) is 0.267. The molecule has 0 radical (unpaired) electrons. The van der Waals surface area contributed by atoms with Gasteiger partial charge in [-0.1, -0.05) is 0 Å². The topological polar surface area (TPSA) is 78.0 Å². The predicted octanol–water partition coefficient (Wildman–Crippen LogP) is 2.77. The number of aromatic nitrogens is 1. The van der Waals surface area contributed by atoms with Gasteiger partial charge < -0.3 is 14.2 Å². The number of methoxy groups -OCH3 is 2. The van der Waals surface area contributed by atoms with Crippen LogP contribution in [0.5, 0.6) is 17.4 Å². The molecule has 1 amide bonds. The molecule has 2 aromatic rings. The lowest BCUT2D eigenvalue weighted by Gasteiger charge is -2.21. The van der Waals surface area contributed by atoms with Gasteiger partial charge in [0.2, 0.25) is 11.8 Å². The minimum Gasteiger partial charge on any atom is -0.497 e. The highest BCUT2D eigenvalue weighted by Crippen LogP contribution is 2.38. The van der Waals surface area contributed by atoms with Crippen LogP contribution in [0.25, 0.3) is 0 Å². The number of rotatable bonds is 5. The summed E-state index contributed by atoms with van der Waals surface area (Å²) in [4.78, 5) is 28.6. The quantitative estimate of drug-likeness (QED) is 0.781. The Morgan fingerprint density at radius 3 is 2.48 bits per heavy atom. The van der Waals surface area contributed by atoms with Crippen molar-refractivity contribution in [1.82, 2.24) is 4.98 Å². The van der Waals surface area contributed by atoms with Gasteiger partial charge in [-0.05, 0) is 12.1 Å². The molecule has 1 aromatic carbocycles. The first-order chi connectivity index (χ1) is 11.0. The number of nitrogens with zero attached hydrogens (tertiary/aromatic N) is 2. The van der Waals surface area contributed by atoms with Crippen LogP contribution in [0.4, 0.5) is 10.8 Å². The molecular weight excluding hydrogens is 320 g/mol. The third-order valence-corrected chi connectivity index (χ3v) is 3.66. The number of carbonyl (C=O) groups is 2. The van der Waals surface area contributed by atoms with Crippen molar-refractivity contribution in [1.29, 1.82) is 0 Å². The highest BCUT2D eigenvalue weighted by molar-refractivity contribution is 7.14. The predicted molar refractivity (Wildman–Crippen MR) is 85.8 cm³/mol. The molecule has 0 fully saturated rings. The number of carbonyl (C=O) groups excluding carboxylic acids is 2. The zero-order valence-electron chi connectivity index (χ0n) is 13.2. The van der Waals surface area contributed by atoms with Gasteiger partial charge in [0.15, 0.2) is 5.13 Å². The smallest absolute Gasteiger partial charge is 0.309 e. The molecule has 0 aliphatic rings. The fourth-order valence-corrected chi connectivity index (χ4v) is 2.71. The zero-order valence-corrected chi connectivity index (χ0v) is 14.0. The molecule has 1 aromatic heterocycles. The van der Waals surface area contributed by atoms with E-state index in [-0.39, 0.29) is 11.8 Å². The SMILES string of the molecule is COc1ccc(N(C(C)=O)c2nc(OC(C)=O)cs2)c(OC)c1. The second kappa shape index (κ2) is 7.10. The van der Waals surface area contributed by atoms with Gasteiger partial charge in [0, 0.05) is 19.9 Å². The maximum absolute atomic E-state index is 12.1. The van der Waals surface area contributed by atoms with Gasteiger partial charge in [-0.15, -0.1) is 11.3 Å². The molecule has 7 nitrogen and oxygen atoms in total. The second-order valence-electron chi connectivity index (χ2n) is 4.45. The van der Waals surface area contributed by atoms with E-state index in [0.717, 1.165) is 0 Å². The van der Waals surface area contributed by atoms with E-state index in [9.17, 15) is 9.59 Å². The highest BCUT2D eigenvalue weighted by atomic mass is 32.1. The van der Waals surface area contributed by atoms with Crippen LogP contribution in [-0.2, 0) is 9.59 Å². The van der Waals surface area contributed by atoms with Crippen molar-refractivity contribution >= 4 is 34.0 Å². The lowest BCUT2D eigenvalue weighted by molar-refractivity contribution is -0.132. The van der Waals surface area contributed by atoms with E-state index in [4.69, 9.17) is 14.2 Å². The Morgan fingerprint density at radius 1 is 1.17 bits per heavy atom. The first-order valence-corrected chi connectivity index (χ1v) is 7.51. The molecule has 2 rings (SSSR count). The van der Waals surface area contributed by atoms with Crippen molar-refractivity contribution in [2.24, 2.45) is 0 Å². The molecule has 1 heterocycles. The standard InChI is InChI=1S/C15H16N2O5S/c1-9(18)17(15-16-14(8-23-15)22-10(2)19)12-6-5-11(20-3)7-13(12)21-4/h5-8H,1-4H3. The van der Waals surface area contributed by atoms with E-state index >= 15 is 0 Å². The molecule has 0 spiro atoms. The van der Waals surface area contributed by atoms with E-state index in [0.29, 0.717) is 22.3 Å². The lowest BCUT2D eigenvalue weighted by Crippen LogP contribution is -2.23. The van der Waals surface area contributed by atoms with Crippen LogP contribution in [0.3, 0.4) is 0 Å². The van der Waals surface area contributed by atoms with Gasteiger partial charge in [-0.2, -0.15) is 4.98 Å². The summed E-state index contributed by atoms with van der Waals surface area (Å²) in [6.07, 6.45) is 0. The van der Waals surface area contributed by atoms with Crippen LogP contribution in [0.1, 0.15) is 13.8 Å². The molecule has 0 atom stereocenters. The first kappa shape index (κ1) is 16.8. The van der Waals surface area contributed by atoms with E-state index in [2.05, 4.69) is 4.98 Å². The highest BCUT2D eigenvalue weighted by Gasteiger charge is 2.22. The third kappa shape index (κ3) is 3.78. The average Bonchev–Trinajstić information content (AvgIpc) is 2.94. The van der Waals surface area contributed by atoms with Crippen LogP contribution >= 0.6 is 11.3 Å². The maximum atomic E-state index is 12.1. The average molecular weight is 336 g/mol. The van der Waals surface area contributed by atoms with E-state index < -0.39 is 5.97 Å².